The number of carboxylic acids is 1. The molecule has 4 aliphatic heterocycles. The highest BCUT2D eigenvalue weighted by Gasteiger charge is 2.77. The van der Waals surface area contributed by atoms with Crippen LogP contribution in [0.1, 0.15) is 189 Å². The Kier molecular flexibility index (Phi) is 15.2. The van der Waals surface area contributed by atoms with Crippen LogP contribution in [0.15, 0.2) is 72.8 Å². The third-order valence-corrected chi connectivity index (χ3v) is 25.4. The van der Waals surface area contributed by atoms with Gasteiger partial charge in [-0.25, -0.2) is 8.78 Å². The van der Waals surface area contributed by atoms with E-state index in [0.29, 0.717) is 92.2 Å². The monoisotopic (exact) mass is 1270 g/mol. The molecule has 462 valence electrons. The number of carbonyl (C=O) groups excluding carboxylic acids is 5. The number of Topliss-reactive ketones (excluding diaryl/α,β-unsaturated/α-hetero) is 1. The zero-order valence-electron chi connectivity index (χ0n) is 49.6. The van der Waals surface area contributed by atoms with Gasteiger partial charge < -0.3 is 26.4 Å². The zero-order chi connectivity index (χ0) is 61.4. The summed E-state index contributed by atoms with van der Waals surface area (Å²) in [6.45, 7) is 4.26. The Morgan fingerprint density at radius 2 is 0.966 bits per heavy atom. The number of fused-ring (bicyclic) bond motifs is 12. The average molecular weight is 1270 g/mol. The number of carbonyl (C=O) groups is 6. The summed E-state index contributed by atoms with van der Waals surface area (Å²) in [5.41, 5.74) is -2.66. The van der Waals surface area contributed by atoms with E-state index in [4.69, 9.17) is 46.4 Å². The molecule has 19 heteroatoms. The molecule has 4 aromatic carbocycles. The minimum atomic E-state index is -1.27. The van der Waals surface area contributed by atoms with Crippen molar-refractivity contribution in [2.24, 2.45) is 10.8 Å². The van der Waals surface area contributed by atoms with Crippen LogP contribution in [0.5, 0.6) is 0 Å². The largest absolute Gasteiger partial charge is 0.481 e. The molecule has 87 heavy (non-hydrogen) atoms. The average Bonchev–Trinajstić information content (AvgIpc) is 1.51. The van der Waals surface area contributed by atoms with Crippen LogP contribution in [-0.4, -0.2) is 98.1 Å². The van der Waals surface area contributed by atoms with Crippen molar-refractivity contribution < 1.29 is 42.7 Å². The van der Waals surface area contributed by atoms with Gasteiger partial charge in [0.05, 0.1) is 27.5 Å². The first-order chi connectivity index (χ1) is 41.5. The molecule has 8 aliphatic carbocycles. The third kappa shape index (κ3) is 8.66. The summed E-state index contributed by atoms with van der Waals surface area (Å²) in [5, 5.41) is 23.9. The number of halogens is 6. The normalized spacial score (nSPS) is 34.1. The predicted molar refractivity (Wildman–Crippen MR) is 332 cm³/mol. The number of benzene rings is 4. The van der Waals surface area contributed by atoms with Gasteiger partial charge in [0.2, 0.25) is 23.6 Å². The maximum absolute atomic E-state index is 16.3. The second-order valence-electron chi connectivity index (χ2n) is 27.6. The maximum Gasteiger partial charge on any atom is 0.309 e. The van der Waals surface area contributed by atoms with Crippen molar-refractivity contribution in [1.82, 2.24) is 20.4 Å². The number of carboxylic acid groups (broad SMARTS) is 1. The van der Waals surface area contributed by atoms with E-state index in [9.17, 15) is 33.9 Å². The van der Waals surface area contributed by atoms with Crippen LogP contribution in [0.25, 0.3) is 0 Å². The van der Waals surface area contributed by atoms with Gasteiger partial charge in [0.1, 0.15) is 28.2 Å². The Morgan fingerprint density at radius 3 is 1.39 bits per heavy atom. The summed E-state index contributed by atoms with van der Waals surface area (Å²) < 4.78 is 32.5. The number of hydrogen-bond acceptors (Lipinski definition) is 8. The summed E-state index contributed by atoms with van der Waals surface area (Å²) in [5.74, 6) is -4.33. The molecule has 4 aromatic rings. The third-order valence-electron chi connectivity index (χ3n) is 24.4. The molecule has 13 nitrogen and oxygen atoms in total. The molecule has 8 saturated carbocycles. The topological polar surface area (TPSA) is 177 Å². The van der Waals surface area contributed by atoms with E-state index < -0.39 is 79.9 Å². The van der Waals surface area contributed by atoms with Gasteiger partial charge >= 0.3 is 5.97 Å². The fraction of sp³-hybridized carbons (Fsp3) is 0.559. The number of likely N-dealkylation sites (tertiary alicyclic amines) is 2. The Balaban J connectivity index is 0.000000161. The van der Waals surface area contributed by atoms with E-state index in [1.54, 1.807) is 55.5 Å². The lowest BCUT2D eigenvalue weighted by atomic mass is 9.55. The van der Waals surface area contributed by atoms with Crippen LogP contribution in [0.3, 0.4) is 0 Å². The van der Waals surface area contributed by atoms with E-state index in [-0.39, 0.29) is 56.0 Å². The molecule has 10 fully saturated rings. The quantitative estimate of drug-likeness (QED) is 0.109. The number of likely N-dealkylation sites (N-methyl/N-ethyl adjacent to an activating group) is 2. The van der Waals surface area contributed by atoms with Gasteiger partial charge in [-0.15, -0.1) is 0 Å². The van der Waals surface area contributed by atoms with Gasteiger partial charge in [0.25, 0.3) is 0 Å². The fourth-order valence-electron chi connectivity index (χ4n) is 20.1. The summed E-state index contributed by atoms with van der Waals surface area (Å²) >= 11 is 25.6. The fourth-order valence-corrected chi connectivity index (χ4v) is 20.8. The van der Waals surface area contributed by atoms with Crippen molar-refractivity contribution in [1.29, 1.82) is 0 Å². The highest BCUT2D eigenvalue weighted by Crippen LogP contribution is 2.69. The number of amides is 4. The number of aliphatic carboxylic acids is 1. The molecule has 12 aliphatic rings. The van der Waals surface area contributed by atoms with Crippen LogP contribution in [0.2, 0.25) is 20.1 Å². The van der Waals surface area contributed by atoms with Crippen LogP contribution >= 0.6 is 46.4 Å². The van der Waals surface area contributed by atoms with Crippen molar-refractivity contribution in [3.63, 3.8) is 0 Å². The molecule has 0 aromatic heterocycles. The highest BCUT2D eigenvalue weighted by atomic mass is 35.5. The summed E-state index contributed by atoms with van der Waals surface area (Å²) in [6, 6.07) is 18.9. The molecule has 4 bridgehead atoms. The molecular formula is C68H76Cl4F2N6O7. The van der Waals surface area contributed by atoms with Crippen LogP contribution in [0.4, 0.5) is 20.2 Å². The van der Waals surface area contributed by atoms with E-state index in [1.165, 1.54) is 12.1 Å². The number of nitrogens with one attached hydrogen (secondary N) is 4. The first-order valence-electron chi connectivity index (χ1n) is 31.5. The molecule has 4 amide bonds. The number of ketones is 1. The van der Waals surface area contributed by atoms with Crippen molar-refractivity contribution in [2.45, 2.75) is 212 Å². The summed E-state index contributed by atoms with van der Waals surface area (Å²) in [6.07, 6.45) is 16.2. The molecule has 2 saturated heterocycles. The van der Waals surface area contributed by atoms with Gasteiger partial charge in [-0.2, -0.15) is 0 Å². The lowest BCUT2D eigenvalue weighted by Gasteiger charge is -2.53. The summed E-state index contributed by atoms with van der Waals surface area (Å²) in [4.78, 5) is 88.0. The Labute approximate surface area is 527 Å². The zero-order valence-corrected chi connectivity index (χ0v) is 52.6. The van der Waals surface area contributed by atoms with E-state index >= 15 is 8.78 Å². The van der Waals surface area contributed by atoms with E-state index in [0.717, 1.165) is 88.2 Å². The van der Waals surface area contributed by atoms with Crippen LogP contribution in [-0.2, 0) is 39.6 Å². The molecule has 6 atom stereocenters. The van der Waals surface area contributed by atoms with Gasteiger partial charge in [-0.1, -0.05) is 128 Å². The lowest BCUT2D eigenvalue weighted by Crippen LogP contribution is -2.63. The first kappa shape index (κ1) is 60.7. The second-order valence-corrected chi connectivity index (χ2v) is 29.3. The summed E-state index contributed by atoms with van der Waals surface area (Å²) in [7, 11) is 1.91. The number of rotatable bonds is 9. The van der Waals surface area contributed by atoms with Crippen molar-refractivity contribution in [3.05, 3.63) is 127 Å². The van der Waals surface area contributed by atoms with Gasteiger partial charge in [0.15, 0.2) is 0 Å². The minimum absolute atomic E-state index is 0.0297. The molecule has 4 heterocycles. The molecule has 16 rings (SSSR count). The van der Waals surface area contributed by atoms with Crippen LogP contribution in [0, 0.1) is 22.5 Å². The van der Waals surface area contributed by atoms with Crippen molar-refractivity contribution >= 4 is 93.2 Å². The smallest absolute Gasteiger partial charge is 0.309 e. The van der Waals surface area contributed by atoms with Gasteiger partial charge in [-0.05, 0) is 182 Å². The molecule has 0 radical (unpaired) electrons. The van der Waals surface area contributed by atoms with Crippen molar-refractivity contribution in [3.8, 4) is 0 Å². The van der Waals surface area contributed by atoms with Gasteiger partial charge in [-0.3, -0.25) is 38.6 Å². The molecule has 4 spiro atoms. The number of nitrogens with zero attached hydrogens (tertiary/aromatic N) is 2. The lowest BCUT2D eigenvalue weighted by molar-refractivity contribution is -0.157. The van der Waals surface area contributed by atoms with E-state index in [2.05, 4.69) is 31.1 Å². The van der Waals surface area contributed by atoms with E-state index in [1.807, 2.05) is 26.1 Å². The maximum atomic E-state index is 16.3. The number of anilines is 2. The van der Waals surface area contributed by atoms with Crippen molar-refractivity contribution in [2.75, 3.05) is 24.2 Å². The molecule has 0 unspecified atom stereocenters. The predicted octanol–water partition coefficient (Wildman–Crippen LogP) is 13.7. The first-order valence-corrected chi connectivity index (χ1v) is 33.0. The Bertz CT molecular complexity index is 3500. The standard InChI is InChI=1S/C35H40Cl2FN3O3.C33H36Cl2FN3O4/c1-3-41-29(30(43)40-33-17-14-32(15-18-33,16-19-33)21(2)42)27(23-8-7-9-25(37)28(23)38)35(34(41)12-5-4-6-13-34)24-11-10-22(36)20-26(24)39-31(35)44;1-39-26(27(40)38-31-15-12-30(13-16-31,14-17-31)29(42)43)24(20-6-5-7-22(35)25(20)36)33(32(39)10-3-2-4-11-32)21-9-8-19(34)18-23(21)37-28(33)41/h7-11,20,27,29H,3-6,12-19H2,1-2H3,(H,39,44)(H,40,43);5-9,18,24,26H,2-4,10-17H2,1H3,(H,37,41)(H,38,40)(H,42,43)/t27-,29+,32?,33?,35+;24-,26+,30?,31?,33+/m00/s1. The highest BCUT2D eigenvalue weighted by molar-refractivity contribution is 6.32. The minimum Gasteiger partial charge on any atom is -0.481 e. The SMILES string of the molecule is CCN1[C@@H](C(=O)NC23CCC(C(C)=O)(CC2)CC3)[C@H](c2cccc(Cl)c2F)[C@]2(C(=O)Nc3cc(Cl)ccc32)C12CCCCC2.CN1[C@@H](C(=O)NC23CCC(C(=O)O)(CC2)CC3)[C@H](c2cccc(Cl)c2F)[C@]2(C(=O)Nc3cc(Cl)ccc32)C12CCCCC2. The molecule has 5 N–H and O–H groups in total. The Morgan fingerprint density at radius 1 is 0.563 bits per heavy atom. The molecular weight excluding hydrogens is 1190 g/mol. The van der Waals surface area contributed by atoms with Crippen LogP contribution < -0.4 is 21.3 Å². The second kappa shape index (κ2) is 21.8. The van der Waals surface area contributed by atoms with Gasteiger partial charge in [0, 0.05) is 60.8 Å². The Hall–Kier alpha value is -5.16. The number of hydrogen-bond donors (Lipinski definition) is 5.